The van der Waals surface area contributed by atoms with Gasteiger partial charge < -0.3 is 0 Å². The maximum atomic E-state index is 5.07. The first-order chi connectivity index (χ1) is 7.57. The molecule has 0 spiro atoms. The van der Waals surface area contributed by atoms with Gasteiger partial charge in [-0.25, -0.2) is 0 Å². The van der Waals surface area contributed by atoms with Crippen molar-refractivity contribution in [2.45, 2.75) is 90.8 Å². The molecule has 0 rings (SSSR count). The first kappa shape index (κ1) is 16.1. The van der Waals surface area contributed by atoms with Crippen LogP contribution in [-0.4, -0.2) is 10.7 Å². The molecule has 0 aromatic rings. The monoisotopic (exact) mass is 243 g/mol. The number of hydrogen-bond donors (Lipinski definition) is 0. The minimum atomic E-state index is 0.242. The molecule has 0 aliphatic carbocycles. The van der Waals surface area contributed by atoms with E-state index in [0.717, 1.165) is 0 Å². The van der Waals surface area contributed by atoms with E-state index >= 15 is 0 Å². The summed E-state index contributed by atoms with van der Waals surface area (Å²) < 4.78 is 5.07. The highest BCUT2D eigenvalue weighted by atomic mass is 31.1. The van der Waals surface area contributed by atoms with Crippen LogP contribution in [0.1, 0.15) is 80.1 Å². The van der Waals surface area contributed by atoms with E-state index in [1.54, 1.807) is 0 Å². The largest absolute Gasteiger partial charge is 0.262 e. The van der Waals surface area contributed by atoms with Crippen LogP contribution in [0.3, 0.4) is 0 Å². The van der Waals surface area contributed by atoms with E-state index in [0.29, 0.717) is 5.16 Å². The highest BCUT2D eigenvalue weighted by molar-refractivity contribution is 7.29. The van der Waals surface area contributed by atoms with Crippen molar-refractivity contribution in [1.29, 1.82) is 0 Å². The van der Waals surface area contributed by atoms with Crippen molar-refractivity contribution < 1.29 is 0 Å². The minimum absolute atomic E-state index is 0.242. The third-order valence-corrected chi connectivity index (χ3v) is 6.32. The molecule has 0 aliphatic rings. The zero-order valence-electron chi connectivity index (χ0n) is 12.1. The highest BCUT2D eigenvalue weighted by Crippen LogP contribution is 2.40. The average Bonchev–Trinajstić information content (AvgIpc) is 2.37. The Balaban J connectivity index is 4.88. The highest BCUT2D eigenvalue weighted by Gasteiger charge is 2.27. The van der Waals surface area contributed by atoms with E-state index < -0.39 is 0 Å². The lowest BCUT2D eigenvalue weighted by molar-refractivity contribution is 0.389. The molecule has 0 fully saturated rings. The predicted octanol–water partition coefficient (Wildman–Crippen LogP) is 6.05. The molecule has 0 bridgehead atoms. The van der Waals surface area contributed by atoms with Crippen molar-refractivity contribution in [3.05, 3.63) is 0 Å². The Morgan fingerprint density at radius 1 is 0.688 bits per heavy atom. The van der Waals surface area contributed by atoms with Gasteiger partial charge in [0.25, 0.3) is 0 Å². The Kier molecular flexibility index (Phi) is 7.48. The van der Waals surface area contributed by atoms with E-state index in [1.807, 2.05) is 0 Å². The molecule has 0 amide bonds. The summed E-state index contributed by atoms with van der Waals surface area (Å²) in [7, 11) is 1.33. The molecule has 0 aliphatic heterocycles. The van der Waals surface area contributed by atoms with Gasteiger partial charge in [0.15, 0.2) is 0 Å². The zero-order valence-corrected chi connectivity index (χ0v) is 13.0. The molecule has 0 saturated carbocycles. The van der Waals surface area contributed by atoms with Crippen LogP contribution in [0.15, 0.2) is 4.74 Å². The van der Waals surface area contributed by atoms with Gasteiger partial charge in [-0.2, -0.15) is 0 Å². The molecule has 2 heteroatoms. The molecule has 96 valence electrons. The fourth-order valence-corrected chi connectivity index (χ4v) is 3.41. The van der Waals surface area contributed by atoms with E-state index in [2.05, 4.69) is 41.5 Å². The molecular weight excluding hydrogens is 213 g/mol. The van der Waals surface area contributed by atoms with Gasteiger partial charge in [0.2, 0.25) is 0 Å². The molecule has 0 unspecified atom stereocenters. The maximum absolute atomic E-state index is 5.07. The van der Waals surface area contributed by atoms with Crippen molar-refractivity contribution >= 4 is 8.37 Å². The van der Waals surface area contributed by atoms with Gasteiger partial charge >= 0.3 is 0 Å². The quantitative estimate of drug-likeness (QED) is 0.460. The third-order valence-electron chi connectivity index (χ3n) is 4.42. The maximum Gasteiger partial charge on any atom is 0.0643 e. The summed E-state index contributed by atoms with van der Waals surface area (Å²) in [5, 5.41) is 0.435. The summed E-state index contributed by atoms with van der Waals surface area (Å²) in [5.74, 6) is 0. The second-order valence-electron chi connectivity index (χ2n) is 4.77. The van der Waals surface area contributed by atoms with Gasteiger partial charge in [-0.1, -0.05) is 41.5 Å². The molecule has 0 aromatic heterocycles. The first-order valence-electron chi connectivity index (χ1n) is 7.01. The fourth-order valence-electron chi connectivity index (χ4n) is 2.14. The smallest absolute Gasteiger partial charge is 0.0643 e. The topological polar surface area (TPSA) is 12.4 Å². The predicted molar refractivity (Wildman–Crippen MR) is 76.6 cm³/mol. The Hall–Kier alpha value is 0.100. The van der Waals surface area contributed by atoms with E-state index in [-0.39, 0.29) is 5.54 Å². The van der Waals surface area contributed by atoms with Gasteiger partial charge in [0, 0.05) is 13.5 Å². The first-order valence-corrected chi connectivity index (χ1v) is 7.86. The molecular formula is C14H30NP. The summed E-state index contributed by atoms with van der Waals surface area (Å²) in [6.45, 7) is 13.7. The number of nitrogens with zero attached hydrogens (tertiary/aromatic N) is 1. The Bertz CT molecular complexity index is 164. The Morgan fingerprint density at radius 2 is 1.06 bits per heavy atom. The van der Waals surface area contributed by atoms with Gasteiger partial charge in [-0.15, -0.1) is 0 Å². The van der Waals surface area contributed by atoms with Crippen LogP contribution in [0, 0.1) is 0 Å². The van der Waals surface area contributed by atoms with E-state index in [9.17, 15) is 0 Å². The SMILES string of the molecule is CCC(CC)(CC)N=PC(CC)(CC)CC. The van der Waals surface area contributed by atoms with Crippen molar-refractivity contribution in [2.24, 2.45) is 4.74 Å². The van der Waals surface area contributed by atoms with Crippen molar-refractivity contribution in [3.63, 3.8) is 0 Å². The van der Waals surface area contributed by atoms with Gasteiger partial charge in [-0.05, 0) is 38.5 Å². The number of hydrogen-bond acceptors (Lipinski definition) is 1. The lowest BCUT2D eigenvalue weighted by Crippen LogP contribution is -2.24. The van der Waals surface area contributed by atoms with Crippen LogP contribution >= 0.6 is 8.37 Å². The van der Waals surface area contributed by atoms with Crippen LogP contribution in [0.25, 0.3) is 0 Å². The van der Waals surface area contributed by atoms with E-state index in [4.69, 9.17) is 4.74 Å². The molecule has 0 aromatic carbocycles. The van der Waals surface area contributed by atoms with Gasteiger partial charge in [0.1, 0.15) is 0 Å². The third kappa shape index (κ3) is 3.84. The standard InChI is InChI=1S/C14H30NP/c1-7-13(8-2,9-3)15-16-14(10-4,11-5)12-6/h7-12H2,1-6H3. The molecule has 0 saturated heterocycles. The Morgan fingerprint density at radius 3 is 1.31 bits per heavy atom. The van der Waals surface area contributed by atoms with Crippen LogP contribution in [0.5, 0.6) is 0 Å². The number of rotatable bonds is 8. The van der Waals surface area contributed by atoms with Crippen LogP contribution in [0.2, 0.25) is 0 Å². The summed E-state index contributed by atoms with van der Waals surface area (Å²) >= 11 is 0. The van der Waals surface area contributed by atoms with E-state index in [1.165, 1.54) is 46.9 Å². The van der Waals surface area contributed by atoms with Crippen LogP contribution in [0.4, 0.5) is 0 Å². The van der Waals surface area contributed by atoms with Crippen molar-refractivity contribution in [2.75, 3.05) is 0 Å². The molecule has 0 radical (unpaired) electrons. The Labute approximate surface area is 104 Å². The average molecular weight is 243 g/mol. The molecule has 1 nitrogen and oxygen atoms in total. The minimum Gasteiger partial charge on any atom is -0.262 e. The normalized spacial score (nSPS) is 13.6. The summed E-state index contributed by atoms with van der Waals surface area (Å²) in [6, 6.07) is 0. The lowest BCUT2D eigenvalue weighted by atomic mass is 9.91. The molecule has 0 heterocycles. The second kappa shape index (κ2) is 7.43. The van der Waals surface area contributed by atoms with Crippen molar-refractivity contribution in [3.8, 4) is 0 Å². The van der Waals surface area contributed by atoms with Gasteiger partial charge in [0.05, 0.1) is 5.54 Å². The molecule has 0 atom stereocenters. The molecule has 0 N–H and O–H groups in total. The van der Waals surface area contributed by atoms with Crippen LogP contribution < -0.4 is 0 Å². The zero-order chi connectivity index (χ0) is 12.7. The van der Waals surface area contributed by atoms with Crippen LogP contribution in [-0.2, 0) is 0 Å². The van der Waals surface area contributed by atoms with Crippen molar-refractivity contribution in [1.82, 2.24) is 0 Å². The second-order valence-corrected chi connectivity index (χ2v) is 6.12. The lowest BCUT2D eigenvalue weighted by Gasteiger charge is -2.29. The summed E-state index contributed by atoms with van der Waals surface area (Å²) in [4.78, 5) is 0. The van der Waals surface area contributed by atoms with Gasteiger partial charge in [-0.3, -0.25) is 4.74 Å². The fraction of sp³-hybridized carbons (Fsp3) is 1.00. The summed E-state index contributed by atoms with van der Waals surface area (Å²) in [5.41, 5.74) is 0.242. The summed E-state index contributed by atoms with van der Waals surface area (Å²) in [6.07, 6.45) is 7.29. The molecule has 16 heavy (non-hydrogen) atoms.